The maximum Gasteiger partial charge on any atom is 0.232 e. The number of halogens is 1. The van der Waals surface area contributed by atoms with Gasteiger partial charge in [-0.3, -0.25) is 9.59 Å². The van der Waals surface area contributed by atoms with Crippen molar-refractivity contribution in [2.75, 3.05) is 22.9 Å². The molecule has 1 aliphatic rings. The van der Waals surface area contributed by atoms with E-state index in [1.807, 2.05) is 50.2 Å². The largest absolute Gasteiger partial charge is 0.312 e. The van der Waals surface area contributed by atoms with E-state index < -0.39 is 0 Å². The number of nitrogens with zero attached hydrogens (tertiary/aromatic N) is 2. The van der Waals surface area contributed by atoms with Crippen LogP contribution in [0, 0.1) is 12.8 Å². The first-order valence-corrected chi connectivity index (χ1v) is 8.81. The fraction of sp³-hybridized carbons (Fsp3) is 0.300. The summed E-state index contributed by atoms with van der Waals surface area (Å²) in [6.45, 7) is 4.94. The van der Waals surface area contributed by atoms with Crippen LogP contribution in [0.2, 0.25) is 5.02 Å². The predicted octanol–water partition coefficient (Wildman–Crippen LogP) is 4.05. The van der Waals surface area contributed by atoms with Gasteiger partial charge >= 0.3 is 0 Å². The molecule has 0 aromatic heterocycles. The quantitative estimate of drug-likeness (QED) is 0.829. The Morgan fingerprint density at radius 3 is 2.60 bits per heavy atom. The highest BCUT2D eigenvalue weighted by Gasteiger charge is 2.37. The van der Waals surface area contributed by atoms with Crippen LogP contribution in [0.25, 0.3) is 0 Å². The second kappa shape index (κ2) is 7.28. The van der Waals surface area contributed by atoms with Gasteiger partial charge < -0.3 is 9.80 Å². The number of rotatable bonds is 4. The number of carbonyl (C=O) groups excluding carboxylic acids is 2. The van der Waals surface area contributed by atoms with E-state index in [1.165, 1.54) is 0 Å². The molecule has 1 unspecified atom stereocenters. The van der Waals surface area contributed by atoms with E-state index in [9.17, 15) is 9.59 Å². The predicted molar refractivity (Wildman–Crippen MR) is 101 cm³/mol. The Hall–Kier alpha value is -2.33. The Balaban J connectivity index is 1.78. The van der Waals surface area contributed by atoms with Gasteiger partial charge in [0.15, 0.2) is 0 Å². The van der Waals surface area contributed by atoms with Gasteiger partial charge in [0.25, 0.3) is 0 Å². The van der Waals surface area contributed by atoms with Crippen molar-refractivity contribution in [1.29, 1.82) is 0 Å². The van der Waals surface area contributed by atoms with Gasteiger partial charge in [0.2, 0.25) is 11.8 Å². The normalized spacial score (nSPS) is 17.0. The number of anilines is 2. The molecule has 0 spiro atoms. The summed E-state index contributed by atoms with van der Waals surface area (Å²) < 4.78 is 0. The van der Waals surface area contributed by atoms with Crippen molar-refractivity contribution in [2.24, 2.45) is 5.92 Å². The van der Waals surface area contributed by atoms with Crippen molar-refractivity contribution < 1.29 is 9.59 Å². The SMILES string of the molecule is CCN(C(=O)C1CC(=O)N(c2ccc(Cl)cc2)C1)c1cccc(C)c1. The third-order valence-corrected chi connectivity index (χ3v) is 4.76. The molecule has 5 heteroatoms. The van der Waals surface area contributed by atoms with E-state index in [2.05, 4.69) is 0 Å². The van der Waals surface area contributed by atoms with Crippen LogP contribution in [0.1, 0.15) is 18.9 Å². The summed E-state index contributed by atoms with van der Waals surface area (Å²) in [5, 5.41) is 0.625. The summed E-state index contributed by atoms with van der Waals surface area (Å²) in [5.41, 5.74) is 2.77. The van der Waals surface area contributed by atoms with Crippen LogP contribution in [0.4, 0.5) is 11.4 Å². The summed E-state index contributed by atoms with van der Waals surface area (Å²) in [7, 11) is 0. The lowest BCUT2D eigenvalue weighted by atomic mass is 10.1. The molecule has 25 heavy (non-hydrogen) atoms. The summed E-state index contributed by atoms with van der Waals surface area (Å²) in [4.78, 5) is 28.8. The number of hydrogen-bond acceptors (Lipinski definition) is 2. The fourth-order valence-electron chi connectivity index (χ4n) is 3.23. The second-order valence-corrected chi connectivity index (χ2v) is 6.74. The van der Waals surface area contributed by atoms with Gasteiger partial charge in [0.05, 0.1) is 5.92 Å². The Morgan fingerprint density at radius 1 is 1.24 bits per heavy atom. The standard InChI is InChI=1S/C20H21ClN2O2/c1-3-22(18-6-4-5-14(2)11-18)20(25)15-12-19(24)23(13-15)17-9-7-16(21)8-10-17/h4-11,15H,3,12-13H2,1-2H3. The van der Waals surface area contributed by atoms with E-state index in [-0.39, 0.29) is 24.2 Å². The van der Waals surface area contributed by atoms with Gasteiger partial charge in [-0.05, 0) is 55.8 Å². The van der Waals surface area contributed by atoms with E-state index in [0.717, 1.165) is 16.9 Å². The minimum atomic E-state index is -0.330. The fourth-order valence-corrected chi connectivity index (χ4v) is 3.35. The number of carbonyl (C=O) groups is 2. The van der Waals surface area contributed by atoms with Crippen molar-refractivity contribution in [3.05, 3.63) is 59.1 Å². The molecule has 1 saturated heterocycles. The molecule has 130 valence electrons. The minimum Gasteiger partial charge on any atom is -0.312 e. The van der Waals surface area contributed by atoms with Crippen molar-refractivity contribution >= 4 is 34.8 Å². The molecular formula is C20H21ClN2O2. The van der Waals surface area contributed by atoms with Gasteiger partial charge in [-0.15, -0.1) is 0 Å². The molecule has 3 rings (SSSR count). The molecular weight excluding hydrogens is 336 g/mol. The molecule has 1 aliphatic heterocycles. The molecule has 4 nitrogen and oxygen atoms in total. The molecule has 0 radical (unpaired) electrons. The van der Waals surface area contributed by atoms with Crippen LogP contribution < -0.4 is 9.80 Å². The van der Waals surface area contributed by atoms with Crippen LogP contribution in [-0.4, -0.2) is 24.9 Å². The summed E-state index contributed by atoms with van der Waals surface area (Å²) >= 11 is 5.91. The molecule has 0 saturated carbocycles. The summed E-state index contributed by atoms with van der Waals surface area (Å²) in [5.74, 6) is -0.359. The smallest absolute Gasteiger partial charge is 0.232 e. The van der Waals surface area contributed by atoms with Crippen molar-refractivity contribution in [2.45, 2.75) is 20.3 Å². The van der Waals surface area contributed by atoms with E-state index in [0.29, 0.717) is 18.1 Å². The number of aryl methyl sites for hydroxylation is 1. The van der Waals surface area contributed by atoms with Crippen LogP contribution in [0.5, 0.6) is 0 Å². The highest BCUT2D eigenvalue weighted by molar-refractivity contribution is 6.30. The zero-order valence-corrected chi connectivity index (χ0v) is 15.2. The lowest BCUT2D eigenvalue weighted by Gasteiger charge is -2.24. The second-order valence-electron chi connectivity index (χ2n) is 6.30. The van der Waals surface area contributed by atoms with Crippen LogP contribution in [0.3, 0.4) is 0 Å². The van der Waals surface area contributed by atoms with E-state index in [4.69, 9.17) is 11.6 Å². The Kier molecular flexibility index (Phi) is 5.09. The highest BCUT2D eigenvalue weighted by Crippen LogP contribution is 2.29. The first-order chi connectivity index (χ1) is 12.0. The number of benzene rings is 2. The van der Waals surface area contributed by atoms with E-state index in [1.54, 1.807) is 21.9 Å². The molecule has 1 atom stereocenters. The Morgan fingerprint density at radius 2 is 1.96 bits per heavy atom. The van der Waals surface area contributed by atoms with Gasteiger partial charge in [-0.25, -0.2) is 0 Å². The Bertz CT molecular complexity index is 789. The van der Waals surface area contributed by atoms with E-state index >= 15 is 0 Å². The molecule has 2 amide bonds. The van der Waals surface area contributed by atoms with Crippen LogP contribution >= 0.6 is 11.6 Å². The third-order valence-electron chi connectivity index (χ3n) is 4.51. The zero-order valence-electron chi connectivity index (χ0n) is 14.4. The molecule has 0 aliphatic carbocycles. The molecule has 0 N–H and O–H groups in total. The lowest BCUT2D eigenvalue weighted by Crippen LogP contribution is -2.37. The maximum atomic E-state index is 13.0. The van der Waals surface area contributed by atoms with Crippen molar-refractivity contribution in [1.82, 2.24) is 0 Å². The van der Waals surface area contributed by atoms with Crippen molar-refractivity contribution in [3.63, 3.8) is 0 Å². The topological polar surface area (TPSA) is 40.6 Å². The first kappa shape index (κ1) is 17.5. The average Bonchev–Trinajstić information content (AvgIpc) is 2.98. The minimum absolute atomic E-state index is 0.00193. The molecule has 1 heterocycles. The number of hydrogen-bond donors (Lipinski definition) is 0. The van der Waals surface area contributed by atoms with Gasteiger partial charge in [-0.2, -0.15) is 0 Å². The zero-order chi connectivity index (χ0) is 18.0. The number of amides is 2. The first-order valence-electron chi connectivity index (χ1n) is 8.43. The Labute approximate surface area is 153 Å². The van der Waals surface area contributed by atoms with Gasteiger partial charge in [0, 0.05) is 35.9 Å². The molecule has 1 fully saturated rings. The highest BCUT2D eigenvalue weighted by atomic mass is 35.5. The monoisotopic (exact) mass is 356 g/mol. The van der Waals surface area contributed by atoms with Gasteiger partial charge in [0.1, 0.15) is 0 Å². The molecule has 2 aromatic rings. The van der Waals surface area contributed by atoms with Crippen molar-refractivity contribution in [3.8, 4) is 0 Å². The van der Waals surface area contributed by atoms with Gasteiger partial charge in [-0.1, -0.05) is 23.7 Å². The molecule has 2 aromatic carbocycles. The average molecular weight is 357 g/mol. The lowest BCUT2D eigenvalue weighted by molar-refractivity contribution is -0.124. The third kappa shape index (κ3) is 3.69. The summed E-state index contributed by atoms with van der Waals surface area (Å²) in [6, 6.07) is 15.0. The summed E-state index contributed by atoms with van der Waals surface area (Å²) in [6.07, 6.45) is 0.240. The molecule has 0 bridgehead atoms. The van der Waals surface area contributed by atoms with Crippen LogP contribution in [-0.2, 0) is 9.59 Å². The maximum absolute atomic E-state index is 13.0. The van der Waals surface area contributed by atoms with Crippen LogP contribution in [0.15, 0.2) is 48.5 Å².